The van der Waals surface area contributed by atoms with Gasteiger partial charge in [-0.2, -0.15) is 0 Å². The van der Waals surface area contributed by atoms with Gasteiger partial charge in [0.1, 0.15) is 5.75 Å². The Morgan fingerprint density at radius 1 is 1.00 bits per heavy atom. The summed E-state index contributed by atoms with van der Waals surface area (Å²) in [6, 6.07) is 16.9. The fraction of sp³-hybridized carbons (Fsp3) is 0.316. The summed E-state index contributed by atoms with van der Waals surface area (Å²) in [7, 11) is -1.80. The van der Waals surface area contributed by atoms with Crippen molar-refractivity contribution in [2.24, 2.45) is 0 Å². The van der Waals surface area contributed by atoms with Gasteiger partial charge in [-0.3, -0.25) is 4.79 Å². The summed E-state index contributed by atoms with van der Waals surface area (Å²) in [4.78, 5) is 13.6. The molecule has 25 heavy (non-hydrogen) atoms. The first kappa shape index (κ1) is 19.5. The molecule has 4 nitrogen and oxygen atoms in total. The van der Waals surface area contributed by atoms with E-state index in [2.05, 4.69) is 0 Å². The second-order valence-corrected chi connectivity index (χ2v) is 8.68. The average Bonchev–Trinajstić information content (AvgIpc) is 2.57. The van der Waals surface area contributed by atoms with Gasteiger partial charge in [0, 0.05) is 18.6 Å². The molecule has 0 aliphatic carbocycles. The zero-order valence-corrected chi connectivity index (χ0v) is 15.8. The zero-order valence-electron chi connectivity index (χ0n) is 14.2. The van der Waals surface area contributed by atoms with E-state index in [1.165, 1.54) is 4.90 Å². The first-order valence-corrected chi connectivity index (χ1v) is 10.3. The van der Waals surface area contributed by atoms with E-state index in [4.69, 9.17) is 11.6 Å². The molecule has 0 aromatic heterocycles. The lowest BCUT2D eigenvalue weighted by atomic mass is 10.1. The van der Waals surface area contributed by atoms with Crippen LogP contribution in [0.3, 0.4) is 0 Å². The number of carbonyl (C=O) groups excluding carboxylic acids is 1. The van der Waals surface area contributed by atoms with Crippen LogP contribution in [0, 0.1) is 0 Å². The second kappa shape index (κ2) is 9.02. The Hall–Kier alpha value is -1.85. The monoisotopic (exact) mass is 379 g/mol. The molecule has 0 bridgehead atoms. The van der Waals surface area contributed by atoms with Crippen LogP contribution in [0.2, 0.25) is 5.02 Å². The maximum atomic E-state index is 12.2. The Bertz CT molecular complexity index is 789. The highest BCUT2D eigenvalue weighted by molar-refractivity contribution is 7.92. The van der Waals surface area contributed by atoms with Crippen LogP contribution in [0.25, 0.3) is 0 Å². The molecule has 0 aliphatic rings. The van der Waals surface area contributed by atoms with Gasteiger partial charge in [-0.15, -0.1) is 0 Å². The van der Waals surface area contributed by atoms with Gasteiger partial charge >= 0.3 is 0 Å². The van der Waals surface area contributed by atoms with Crippen molar-refractivity contribution >= 4 is 27.3 Å². The van der Waals surface area contributed by atoms with Crippen LogP contribution in [0.15, 0.2) is 54.6 Å². The third kappa shape index (κ3) is 6.88. The molecule has 0 atom stereocenters. The van der Waals surface area contributed by atoms with E-state index in [9.17, 15) is 13.2 Å². The number of benzene rings is 2. The molecule has 134 valence electrons. The topological polar surface area (TPSA) is 54.5 Å². The zero-order chi connectivity index (χ0) is 18.3. The smallest absolute Gasteiger partial charge is 0.237 e. The van der Waals surface area contributed by atoms with Crippen molar-refractivity contribution in [1.29, 1.82) is 0 Å². The highest BCUT2D eigenvalue weighted by Gasteiger charge is 2.19. The highest BCUT2D eigenvalue weighted by atomic mass is 35.5. The van der Waals surface area contributed by atoms with E-state index in [0.717, 1.165) is 11.1 Å². The van der Waals surface area contributed by atoms with Gasteiger partial charge < -0.3 is 4.90 Å². The summed E-state index contributed by atoms with van der Waals surface area (Å²) in [6.07, 6.45) is 1.20. The molecule has 0 fully saturated rings. The molecule has 1 amide bonds. The third-order valence-corrected chi connectivity index (χ3v) is 5.72. The summed E-state index contributed by atoms with van der Waals surface area (Å²) in [5.41, 5.74) is 2.01. The van der Waals surface area contributed by atoms with E-state index in [0.29, 0.717) is 24.4 Å². The standard InChI is InChI=1S/C19H22ClNO3S/c1-21(14-17-9-11-18(20)12-10-17)19(22)15-25(23,24)13-5-8-16-6-3-2-4-7-16/h2-4,6-7,9-12H,5,8,13-15H2,1H3. The Morgan fingerprint density at radius 3 is 2.28 bits per heavy atom. The lowest BCUT2D eigenvalue weighted by molar-refractivity contribution is -0.127. The van der Waals surface area contributed by atoms with Crippen LogP contribution in [-0.2, 0) is 27.6 Å². The van der Waals surface area contributed by atoms with Crippen molar-refractivity contribution in [2.75, 3.05) is 18.6 Å². The summed E-state index contributed by atoms with van der Waals surface area (Å²) in [6.45, 7) is 0.357. The van der Waals surface area contributed by atoms with Gasteiger partial charge in [0.2, 0.25) is 5.91 Å². The Labute approximate surface area is 154 Å². The van der Waals surface area contributed by atoms with Gasteiger partial charge in [0.25, 0.3) is 0 Å². The predicted octanol–water partition coefficient (Wildman–Crippen LogP) is 3.35. The van der Waals surface area contributed by atoms with Gasteiger partial charge in [0.05, 0.1) is 5.75 Å². The number of rotatable bonds is 8. The first-order valence-electron chi connectivity index (χ1n) is 8.08. The van der Waals surface area contributed by atoms with E-state index >= 15 is 0 Å². The summed E-state index contributed by atoms with van der Waals surface area (Å²) in [5, 5.41) is 0.624. The Balaban J connectivity index is 1.81. The van der Waals surface area contributed by atoms with E-state index in [1.54, 1.807) is 19.2 Å². The van der Waals surface area contributed by atoms with Gasteiger partial charge in [-0.05, 0) is 36.1 Å². The van der Waals surface area contributed by atoms with Crippen molar-refractivity contribution in [3.8, 4) is 0 Å². The molecule has 0 saturated heterocycles. The minimum Gasteiger partial charge on any atom is -0.341 e. The van der Waals surface area contributed by atoms with Crippen molar-refractivity contribution < 1.29 is 13.2 Å². The van der Waals surface area contributed by atoms with Gasteiger partial charge in [-0.25, -0.2) is 8.42 Å². The average molecular weight is 380 g/mol. The molecule has 0 radical (unpaired) electrons. The van der Waals surface area contributed by atoms with Crippen molar-refractivity contribution in [3.63, 3.8) is 0 Å². The molecule has 0 heterocycles. The van der Waals surface area contributed by atoms with Crippen LogP contribution in [0.4, 0.5) is 0 Å². The molecule has 2 aromatic rings. The van der Waals surface area contributed by atoms with E-state index < -0.39 is 21.5 Å². The maximum absolute atomic E-state index is 12.2. The SMILES string of the molecule is CN(Cc1ccc(Cl)cc1)C(=O)CS(=O)(=O)CCCc1ccccc1. The van der Waals surface area contributed by atoms with Crippen LogP contribution >= 0.6 is 11.6 Å². The number of hydrogen-bond donors (Lipinski definition) is 0. The predicted molar refractivity (Wildman–Crippen MR) is 101 cm³/mol. The first-order chi connectivity index (χ1) is 11.9. The largest absolute Gasteiger partial charge is 0.341 e. The molecular weight excluding hydrogens is 358 g/mol. The minimum atomic E-state index is -3.41. The van der Waals surface area contributed by atoms with Crippen LogP contribution in [0.5, 0.6) is 0 Å². The van der Waals surface area contributed by atoms with Gasteiger partial charge in [-0.1, -0.05) is 54.1 Å². The van der Waals surface area contributed by atoms with Crippen LogP contribution < -0.4 is 0 Å². The number of sulfone groups is 1. The normalized spacial score (nSPS) is 11.3. The number of nitrogens with zero attached hydrogens (tertiary/aromatic N) is 1. The molecule has 0 saturated carbocycles. The third-order valence-electron chi connectivity index (χ3n) is 3.87. The van der Waals surface area contributed by atoms with E-state index in [-0.39, 0.29) is 5.75 Å². The Kier molecular flexibility index (Phi) is 7.02. The lowest BCUT2D eigenvalue weighted by Gasteiger charge is -2.17. The Morgan fingerprint density at radius 2 is 1.64 bits per heavy atom. The number of carbonyl (C=O) groups is 1. The number of hydrogen-bond acceptors (Lipinski definition) is 3. The summed E-state index contributed by atoms with van der Waals surface area (Å²) in [5.74, 6) is -0.830. The molecule has 2 rings (SSSR count). The molecule has 0 aliphatic heterocycles. The summed E-state index contributed by atoms with van der Waals surface area (Å²) >= 11 is 5.83. The fourth-order valence-electron chi connectivity index (χ4n) is 2.46. The quantitative estimate of drug-likeness (QED) is 0.706. The lowest BCUT2D eigenvalue weighted by Crippen LogP contribution is -2.33. The minimum absolute atomic E-state index is 0.0163. The van der Waals surface area contributed by atoms with Crippen molar-refractivity contribution in [1.82, 2.24) is 4.90 Å². The highest BCUT2D eigenvalue weighted by Crippen LogP contribution is 2.11. The molecule has 2 aromatic carbocycles. The number of aryl methyl sites for hydroxylation is 1. The van der Waals surface area contributed by atoms with Crippen molar-refractivity contribution in [2.45, 2.75) is 19.4 Å². The van der Waals surface area contributed by atoms with Gasteiger partial charge in [0.15, 0.2) is 9.84 Å². The fourth-order valence-corrected chi connectivity index (χ4v) is 3.91. The number of amides is 1. The molecular formula is C19H22ClNO3S. The molecule has 0 spiro atoms. The van der Waals surface area contributed by atoms with Crippen molar-refractivity contribution in [3.05, 3.63) is 70.7 Å². The number of halogens is 1. The van der Waals surface area contributed by atoms with E-state index in [1.807, 2.05) is 42.5 Å². The van der Waals surface area contributed by atoms with Crippen LogP contribution in [0.1, 0.15) is 17.5 Å². The molecule has 6 heteroatoms. The maximum Gasteiger partial charge on any atom is 0.237 e. The second-order valence-electron chi connectivity index (χ2n) is 6.06. The molecule has 0 unspecified atom stereocenters. The summed E-state index contributed by atoms with van der Waals surface area (Å²) < 4.78 is 24.3. The molecule has 0 N–H and O–H groups in total. The van der Waals surface area contributed by atoms with Crippen LogP contribution in [-0.4, -0.2) is 37.8 Å².